The number of nitrogens with two attached hydrogens (primary N) is 2. The fourth-order valence-electron chi connectivity index (χ4n) is 14.2. The first-order chi connectivity index (χ1) is 31.3. The zero-order valence-corrected chi connectivity index (χ0v) is 38.3. The minimum absolute atomic E-state index is 0.257. The number of rotatable bonds is 9. The average Bonchev–Trinajstić information content (AvgIpc) is 3.92. The van der Waals surface area contributed by atoms with Gasteiger partial charge >= 0.3 is 18.4 Å². The van der Waals surface area contributed by atoms with Crippen LogP contribution in [0.3, 0.4) is 0 Å². The molecule has 15 nitrogen and oxygen atoms in total. The second kappa shape index (κ2) is 16.1. The van der Waals surface area contributed by atoms with Gasteiger partial charge in [-0.05, 0) is 105 Å². The molecular weight excluding hydrogens is 872 g/mol. The molecule has 6 amide bonds. The number of alkyl halides is 3. The van der Waals surface area contributed by atoms with Crippen LogP contribution in [-0.4, -0.2) is 92.6 Å². The number of carbonyl (C=O) groups is 6. The Morgan fingerprint density at radius 3 is 1.51 bits per heavy atom. The van der Waals surface area contributed by atoms with Gasteiger partial charge in [0.2, 0.25) is 11.8 Å². The number of anilines is 1. The molecule has 3 heterocycles. The molecule has 4 aliphatic carbocycles. The lowest BCUT2D eigenvalue weighted by atomic mass is 9.59. The van der Waals surface area contributed by atoms with Crippen LogP contribution in [0.25, 0.3) is 0 Å². The molecule has 0 radical (unpaired) electrons. The number of carboxylic acid groups (broad SMARTS) is 2. The number of likely N-dealkylation sites (tertiary alicyclic amines) is 2. The van der Waals surface area contributed by atoms with Crippen LogP contribution in [0, 0.1) is 16.7 Å². The van der Waals surface area contributed by atoms with Gasteiger partial charge in [0.1, 0.15) is 11.1 Å². The lowest BCUT2D eigenvalue weighted by Gasteiger charge is -2.59. The topological polar surface area (TPSA) is 229 Å². The maximum Gasteiger partial charge on any atom is 0.416 e. The summed E-state index contributed by atoms with van der Waals surface area (Å²) in [5.41, 5.74) is 6.30. The average molecular weight is 930 g/mol. The van der Waals surface area contributed by atoms with Gasteiger partial charge < -0.3 is 26.6 Å². The Hall–Kier alpha value is -6.01. The van der Waals surface area contributed by atoms with Crippen molar-refractivity contribution in [2.45, 2.75) is 126 Å². The standard InChI is InChI=1S/C49H58F3N7O8/c1-26-25-34(33-9-7-23-57(33)47(40(62)55-42(64)65)29-15-11-27(12-16-29)36(38(53)60)44(47,2)3)59(32-21-19-31(20-22-32)49(50,51)52)46(26,6)35-10-8-24-58(35)48(41(63)56-43(66)67)30-17-13-28(14-18-30)37(39(54)61)45(48,4)5/h11-22,26,33-37H,7-10,23-25H2,1-6H3,(H2,53,60)(H2,54,61)(H,55,62)(H,56,63)(H,64,65)(H,66,67)/t26?,33?,34-,35?,36?,37?,46-,47+,48+/m1/s1. The van der Waals surface area contributed by atoms with Crippen molar-refractivity contribution in [3.63, 3.8) is 0 Å². The van der Waals surface area contributed by atoms with Crippen LogP contribution in [0.5, 0.6) is 0 Å². The van der Waals surface area contributed by atoms with Crippen LogP contribution in [0.15, 0.2) is 72.8 Å². The second-order valence-electron chi connectivity index (χ2n) is 20.4. The Kier molecular flexibility index (Phi) is 11.4. The molecule has 3 aromatic rings. The molecule has 358 valence electrons. The fourth-order valence-corrected chi connectivity index (χ4v) is 14.2. The minimum Gasteiger partial charge on any atom is -0.465 e. The lowest BCUT2D eigenvalue weighted by Crippen LogP contribution is -2.72. The van der Waals surface area contributed by atoms with Gasteiger partial charge in [0.25, 0.3) is 11.8 Å². The number of fused-ring (bicyclic) bond motifs is 8. The predicted octanol–water partition coefficient (Wildman–Crippen LogP) is 6.20. The highest BCUT2D eigenvalue weighted by Gasteiger charge is 2.70. The molecule has 18 heteroatoms. The summed E-state index contributed by atoms with van der Waals surface area (Å²) in [7, 11) is 0. The minimum atomic E-state index is -4.66. The number of hydrogen-bond donors (Lipinski definition) is 6. The van der Waals surface area contributed by atoms with E-state index < -0.39 is 105 Å². The van der Waals surface area contributed by atoms with Crippen LogP contribution in [0.1, 0.15) is 113 Å². The Balaban J connectivity index is 1.35. The van der Waals surface area contributed by atoms with E-state index in [-0.39, 0.29) is 19.0 Å². The monoisotopic (exact) mass is 929 g/mol. The summed E-state index contributed by atoms with van der Waals surface area (Å²) >= 11 is 0. The number of nitrogens with one attached hydrogen (secondary N) is 2. The Morgan fingerprint density at radius 2 is 1.07 bits per heavy atom. The van der Waals surface area contributed by atoms with E-state index in [2.05, 4.69) is 15.5 Å². The smallest absolute Gasteiger partial charge is 0.416 e. The summed E-state index contributed by atoms with van der Waals surface area (Å²) in [6, 6.07) is 16.7. The van der Waals surface area contributed by atoms with Gasteiger partial charge in [-0.1, -0.05) is 83.1 Å². The van der Waals surface area contributed by atoms with Crippen molar-refractivity contribution >= 4 is 41.5 Å². The first kappa shape index (κ1) is 47.5. The van der Waals surface area contributed by atoms with Gasteiger partial charge in [0, 0.05) is 34.6 Å². The van der Waals surface area contributed by atoms with Crippen molar-refractivity contribution in [2.24, 2.45) is 28.2 Å². The largest absolute Gasteiger partial charge is 0.465 e. The van der Waals surface area contributed by atoms with Crippen molar-refractivity contribution < 1.29 is 52.2 Å². The summed E-state index contributed by atoms with van der Waals surface area (Å²) < 4.78 is 42.8. The molecule has 0 saturated carbocycles. The molecule has 67 heavy (non-hydrogen) atoms. The van der Waals surface area contributed by atoms with Crippen molar-refractivity contribution in [3.8, 4) is 0 Å². The van der Waals surface area contributed by atoms with E-state index >= 15 is 9.59 Å². The summed E-state index contributed by atoms with van der Waals surface area (Å²) in [4.78, 5) is 88.3. The molecule has 3 aliphatic heterocycles. The van der Waals surface area contributed by atoms with E-state index in [0.29, 0.717) is 60.0 Å². The van der Waals surface area contributed by atoms with E-state index in [0.717, 1.165) is 12.1 Å². The van der Waals surface area contributed by atoms with E-state index in [1.807, 2.05) is 23.6 Å². The normalized spacial score (nSPS) is 32.1. The van der Waals surface area contributed by atoms with Gasteiger partial charge in [0.05, 0.1) is 22.9 Å². The molecule has 7 aliphatic rings. The molecule has 8 N–H and O–H groups in total. The first-order valence-electron chi connectivity index (χ1n) is 22.7. The number of benzene rings is 3. The molecular formula is C49H58F3N7O8. The molecule has 0 spiro atoms. The highest BCUT2D eigenvalue weighted by atomic mass is 19.4. The lowest BCUT2D eigenvalue weighted by molar-refractivity contribution is -0.151. The van der Waals surface area contributed by atoms with Gasteiger partial charge in [-0.15, -0.1) is 0 Å². The molecule has 4 bridgehead atoms. The highest BCUT2D eigenvalue weighted by molar-refractivity contribution is 6.01. The summed E-state index contributed by atoms with van der Waals surface area (Å²) in [5, 5.41) is 24.6. The quantitative estimate of drug-likeness (QED) is 0.142. The molecule has 0 aromatic heterocycles. The first-order valence-corrected chi connectivity index (χ1v) is 22.7. The Morgan fingerprint density at radius 1 is 0.642 bits per heavy atom. The van der Waals surface area contributed by atoms with E-state index in [9.17, 15) is 42.6 Å². The van der Waals surface area contributed by atoms with Gasteiger partial charge in [-0.3, -0.25) is 39.6 Å². The highest BCUT2D eigenvalue weighted by Crippen LogP contribution is 2.62. The SMILES string of the molecule is CC1C[C@H](C2CCCN2[C@]2(C(=O)NC(=O)O)c3ccc(cc3)C(C(N)=O)C2(C)C)N(c2ccc(C(F)(F)F)cc2)[C@@]1(C)C1CCCN1[C@]1(C(=O)NC(=O)O)c2ccc(cc2)C(C(N)=O)C1(C)C. The molecule has 10 rings (SSSR count). The van der Waals surface area contributed by atoms with Crippen LogP contribution in [0.2, 0.25) is 0 Å². The number of imide groups is 2. The zero-order valence-electron chi connectivity index (χ0n) is 38.3. The van der Waals surface area contributed by atoms with Crippen molar-refractivity contribution in [2.75, 3.05) is 18.0 Å². The van der Waals surface area contributed by atoms with Crippen LogP contribution in [0.4, 0.5) is 28.4 Å². The summed E-state index contributed by atoms with van der Waals surface area (Å²) in [6.07, 6.45) is -5.52. The number of halogens is 3. The summed E-state index contributed by atoms with van der Waals surface area (Å²) in [5.74, 6) is -5.64. The number of primary amides is 2. The van der Waals surface area contributed by atoms with E-state index in [4.69, 9.17) is 11.5 Å². The van der Waals surface area contributed by atoms with Crippen molar-refractivity contribution in [3.05, 3.63) is 101 Å². The third-order valence-corrected chi connectivity index (χ3v) is 16.7. The van der Waals surface area contributed by atoms with Gasteiger partial charge in [0.15, 0.2) is 0 Å². The maximum atomic E-state index is 15.1. The molecule has 3 fully saturated rings. The molecule has 3 saturated heterocycles. The van der Waals surface area contributed by atoms with Crippen molar-refractivity contribution in [1.82, 2.24) is 20.4 Å². The fraction of sp³-hybridized carbons (Fsp3) is 0.510. The van der Waals surface area contributed by atoms with Crippen LogP contribution < -0.4 is 27.0 Å². The van der Waals surface area contributed by atoms with Crippen molar-refractivity contribution in [1.29, 1.82) is 0 Å². The number of hydrogen-bond acceptors (Lipinski definition) is 9. The number of nitrogens with zero attached hydrogens (tertiary/aromatic N) is 3. The molecule has 5 unspecified atom stereocenters. The van der Waals surface area contributed by atoms with Crippen LogP contribution >= 0.6 is 0 Å². The third-order valence-electron chi connectivity index (χ3n) is 16.7. The Bertz CT molecular complexity index is 2520. The zero-order chi connectivity index (χ0) is 49.0. The van der Waals surface area contributed by atoms with Crippen LogP contribution in [-0.2, 0) is 36.4 Å². The second-order valence-corrected chi connectivity index (χ2v) is 20.4. The Labute approximate surface area is 386 Å². The van der Waals surface area contributed by atoms with Gasteiger partial charge in [-0.2, -0.15) is 13.2 Å². The number of amides is 6. The summed E-state index contributed by atoms with van der Waals surface area (Å²) in [6.45, 7) is 11.5. The molecule has 3 aromatic carbocycles. The molecule has 9 atom stereocenters. The number of carbonyl (C=O) groups excluding carboxylic acids is 4. The van der Waals surface area contributed by atoms with E-state index in [1.165, 1.54) is 12.1 Å². The third kappa shape index (κ3) is 6.66. The van der Waals surface area contributed by atoms with Gasteiger partial charge in [-0.25, -0.2) is 9.59 Å². The predicted molar refractivity (Wildman–Crippen MR) is 239 cm³/mol. The van der Waals surface area contributed by atoms with E-state index in [1.54, 1.807) is 76.2 Å². The maximum absolute atomic E-state index is 15.1.